The number of ether oxygens (including phenoxy) is 4. The molecule has 3 heterocycles. The average Bonchev–Trinajstić information content (AvgIpc) is 3.15. The van der Waals surface area contributed by atoms with E-state index in [1.54, 1.807) is 32.3 Å². The lowest BCUT2D eigenvalue weighted by Crippen LogP contribution is -2.64. The minimum atomic E-state index is -2.55. The molecule has 3 aliphatic heterocycles. The highest BCUT2D eigenvalue weighted by Crippen LogP contribution is 2.38. The van der Waals surface area contributed by atoms with Crippen LogP contribution in [0.4, 0.5) is 0 Å². The summed E-state index contributed by atoms with van der Waals surface area (Å²) >= 11 is 0. The van der Waals surface area contributed by atoms with Gasteiger partial charge in [-0.05, 0) is 101 Å². The predicted octanol–water partition coefficient (Wildman–Crippen LogP) is 5.94. The van der Waals surface area contributed by atoms with Gasteiger partial charge in [0.05, 0.1) is 25.1 Å². The number of aliphatic hydroxyl groups is 2. The molecule has 0 saturated carbocycles. The fourth-order valence-electron chi connectivity index (χ4n) is 8.58. The molecule has 2 saturated heterocycles. The summed E-state index contributed by atoms with van der Waals surface area (Å²) in [6.07, 6.45) is 12.8. The van der Waals surface area contributed by atoms with E-state index in [1.807, 2.05) is 33.8 Å². The molecule has 11 heteroatoms. The number of allylic oxidation sites excluding steroid dienone is 7. The maximum atomic E-state index is 14.2. The number of cyclic esters (lactones) is 1. The second-order valence-corrected chi connectivity index (χ2v) is 16.1. The normalized spacial score (nSPS) is 38.5. The van der Waals surface area contributed by atoms with Gasteiger partial charge in [0.2, 0.25) is 5.79 Å². The lowest BCUT2D eigenvalue weighted by atomic mass is 9.82. The van der Waals surface area contributed by atoms with Crippen molar-refractivity contribution >= 4 is 23.4 Å². The van der Waals surface area contributed by atoms with Crippen LogP contribution in [0.1, 0.15) is 98.8 Å². The van der Waals surface area contributed by atoms with Gasteiger partial charge in [0, 0.05) is 37.8 Å². The maximum absolute atomic E-state index is 14.2. The minimum Gasteiger partial charge on any atom is -0.501 e. The molecule has 2 N–H and O–H groups in total. The lowest BCUT2D eigenvalue weighted by molar-refractivity contribution is -0.301. The van der Waals surface area contributed by atoms with E-state index in [4.69, 9.17) is 18.9 Å². The summed E-state index contributed by atoms with van der Waals surface area (Å²) in [6, 6.07) is -1.07. The molecule has 4 aliphatic rings. The van der Waals surface area contributed by atoms with E-state index in [9.17, 15) is 29.4 Å². The van der Waals surface area contributed by atoms with Crippen molar-refractivity contribution in [3.63, 3.8) is 0 Å². The highest BCUT2D eigenvalue weighted by molar-refractivity contribution is 6.39. The Morgan fingerprint density at radius 1 is 1.09 bits per heavy atom. The van der Waals surface area contributed by atoms with Crippen LogP contribution in [0, 0.1) is 29.6 Å². The van der Waals surface area contributed by atoms with E-state index in [2.05, 4.69) is 18.7 Å². The molecule has 4 rings (SSSR count). The number of esters is 1. The molecule has 0 aromatic rings. The Kier molecular flexibility index (Phi) is 15.6. The van der Waals surface area contributed by atoms with Crippen LogP contribution in [0.25, 0.3) is 0 Å². The van der Waals surface area contributed by atoms with E-state index in [1.165, 1.54) is 12.0 Å². The number of carbonyl (C=O) groups excluding carboxylic acids is 4. The van der Waals surface area contributed by atoms with Crippen LogP contribution in [-0.2, 0) is 38.1 Å². The summed E-state index contributed by atoms with van der Waals surface area (Å²) in [7, 11) is 3.13. The van der Waals surface area contributed by atoms with Crippen LogP contribution >= 0.6 is 0 Å². The van der Waals surface area contributed by atoms with Gasteiger partial charge < -0.3 is 34.1 Å². The second kappa shape index (κ2) is 19.5. The summed E-state index contributed by atoms with van der Waals surface area (Å²) < 4.78 is 23.5. The quantitative estimate of drug-likeness (QED) is 0.190. The summed E-state index contributed by atoms with van der Waals surface area (Å²) in [5, 5.41) is 23.3. The number of fused-ring (bicyclic) bond motifs is 3. The number of Topliss-reactive ketones (excluding diaryl/α,β-unsaturated/α-hetero) is 1. The van der Waals surface area contributed by atoms with Crippen LogP contribution in [0.3, 0.4) is 0 Å². The number of rotatable bonds is 6. The number of amides is 1. The van der Waals surface area contributed by atoms with Crippen molar-refractivity contribution in [3.05, 3.63) is 59.9 Å². The van der Waals surface area contributed by atoms with Crippen LogP contribution < -0.4 is 0 Å². The molecular formula is C43H63NO10. The van der Waals surface area contributed by atoms with Crippen molar-refractivity contribution in [2.45, 2.75) is 135 Å². The molecule has 0 aromatic carbocycles. The van der Waals surface area contributed by atoms with Crippen LogP contribution in [0.5, 0.6) is 0 Å². The van der Waals surface area contributed by atoms with E-state index in [-0.39, 0.29) is 43.4 Å². The molecule has 2 bridgehead atoms. The Balaban J connectivity index is 1.76. The van der Waals surface area contributed by atoms with Gasteiger partial charge in [-0.1, -0.05) is 50.6 Å². The zero-order valence-corrected chi connectivity index (χ0v) is 33.3. The van der Waals surface area contributed by atoms with Crippen LogP contribution in [0.2, 0.25) is 0 Å². The van der Waals surface area contributed by atoms with Gasteiger partial charge in [0.15, 0.2) is 5.78 Å². The van der Waals surface area contributed by atoms with Crippen molar-refractivity contribution in [3.8, 4) is 0 Å². The molecule has 54 heavy (non-hydrogen) atoms. The average molecular weight is 754 g/mol. The first-order valence-corrected chi connectivity index (χ1v) is 19.7. The maximum Gasteiger partial charge on any atom is 0.329 e. The predicted molar refractivity (Wildman–Crippen MR) is 205 cm³/mol. The Labute approximate surface area is 321 Å². The van der Waals surface area contributed by atoms with Crippen LogP contribution in [0.15, 0.2) is 59.9 Å². The third-order valence-corrected chi connectivity index (χ3v) is 11.6. The first-order chi connectivity index (χ1) is 25.6. The Bertz CT molecular complexity index is 1500. The SMILES string of the molecule is C=CC[C@@H]1/C=C(\C)C[C@H](C)C[C@H](O)[C@H]2O[C@@](O)(C(=O)C(=O)N3CCCC[C@H]3C(=O)O[C@H](/C(C)=C/[C@@H]3CCC=C(OC)C3)[C@H](C)/C=C/C1=O)[C@H](C)C[C@@H]2OC. The summed E-state index contributed by atoms with van der Waals surface area (Å²) in [5.41, 5.74) is 1.77. The number of nitrogens with zero attached hydrogens (tertiary/aromatic N) is 1. The highest BCUT2D eigenvalue weighted by atomic mass is 16.7. The largest absolute Gasteiger partial charge is 0.501 e. The molecule has 300 valence electrons. The number of piperidine rings is 1. The standard InChI is InChI=1S/C43H63NO10/c1-9-13-32-21-26(2)20-27(3)22-36(46)39-37(52-8)24-30(6)43(50,54-39)40(47)41(48)44-19-11-10-16-34(44)42(49)53-38(28(4)17-18-35(32)45)29(5)23-31-14-12-15-33(25-31)51-7/h9,15,17-18,21,23,27-28,30-32,34,36-39,46,50H,1,10-14,16,19-20,22,24-25H2,2-8H3/b18-17+,26-21+,29-23+/t27-,28+,30+,31-,32+,34-,36-,37-,38-,39+,43+/m0/s1. The minimum absolute atomic E-state index is 0.0706. The van der Waals surface area contributed by atoms with Gasteiger partial charge in [-0.15, -0.1) is 6.58 Å². The number of aliphatic hydroxyl groups excluding tert-OH is 1. The molecular weight excluding hydrogens is 690 g/mol. The Morgan fingerprint density at radius 2 is 1.83 bits per heavy atom. The van der Waals surface area contributed by atoms with Crippen molar-refractivity contribution in [2.24, 2.45) is 29.6 Å². The second-order valence-electron chi connectivity index (χ2n) is 16.1. The van der Waals surface area contributed by atoms with E-state index in [0.717, 1.165) is 29.7 Å². The molecule has 2 fully saturated rings. The van der Waals surface area contributed by atoms with E-state index in [0.29, 0.717) is 32.1 Å². The van der Waals surface area contributed by atoms with Gasteiger partial charge in [-0.2, -0.15) is 0 Å². The molecule has 1 aliphatic carbocycles. The lowest BCUT2D eigenvalue weighted by Gasteiger charge is -2.46. The highest BCUT2D eigenvalue weighted by Gasteiger charge is 2.56. The fourth-order valence-corrected chi connectivity index (χ4v) is 8.58. The summed E-state index contributed by atoms with van der Waals surface area (Å²) in [5.74, 6) is -6.28. The number of ketones is 2. The smallest absolute Gasteiger partial charge is 0.329 e. The van der Waals surface area contributed by atoms with Crippen molar-refractivity contribution in [1.29, 1.82) is 0 Å². The van der Waals surface area contributed by atoms with Crippen molar-refractivity contribution in [1.82, 2.24) is 4.90 Å². The molecule has 0 aromatic heterocycles. The first kappa shape index (κ1) is 43.3. The first-order valence-electron chi connectivity index (χ1n) is 19.7. The van der Waals surface area contributed by atoms with E-state index < -0.39 is 71.7 Å². The molecule has 0 spiro atoms. The van der Waals surface area contributed by atoms with E-state index >= 15 is 0 Å². The monoisotopic (exact) mass is 753 g/mol. The molecule has 1 amide bonds. The third-order valence-electron chi connectivity index (χ3n) is 11.6. The fraction of sp³-hybridized carbons (Fsp3) is 0.674. The Hall–Kier alpha value is -3.38. The number of hydrogen-bond donors (Lipinski definition) is 2. The zero-order chi connectivity index (χ0) is 39.7. The van der Waals surface area contributed by atoms with Crippen LogP contribution in [-0.4, -0.2) is 95.6 Å². The zero-order valence-electron chi connectivity index (χ0n) is 33.3. The number of methoxy groups -OCH3 is 2. The van der Waals surface area contributed by atoms with Gasteiger partial charge >= 0.3 is 5.97 Å². The number of carbonyl (C=O) groups is 4. The molecule has 11 nitrogen and oxygen atoms in total. The third kappa shape index (κ3) is 10.5. The van der Waals surface area contributed by atoms with Gasteiger partial charge in [-0.25, -0.2) is 4.79 Å². The molecule has 0 radical (unpaired) electrons. The van der Waals surface area contributed by atoms with Gasteiger partial charge in [-0.3, -0.25) is 14.4 Å². The van der Waals surface area contributed by atoms with Crippen molar-refractivity contribution < 1.29 is 48.3 Å². The molecule has 0 unspecified atom stereocenters. The molecule has 11 atom stereocenters. The Morgan fingerprint density at radius 3 is 2.52 bits per heavy atom. The number of hydrogen-bond acceptors (Lipinski definition) is 10. The summed E-state index contributed by atoms with van der Waals surface area (Å²) in [4.78, 5) is 57.2. The topological polar surface area (TPSA) is 149 Å². The van der Waals surface area contributed by atoms with Crippen molar-refractivity contribution in [2.75, 3.05) is 20.8 Å². The van der Waals surface area contributed by atoms with Gasteiger partial charge in [0.1, 0.15) is 18.2 Å². The summed E-state index contributed by atoms with van der Waals surface area (Å²) in [6.45, 7) is 13.3. The van der Waals surface area contributed by atoms with Gasteiger partial charge in [0.25, 0.3) is 11.7 Å².